The predicted molar refractivity (Wildman–Crippen MR) is 65.3 cm³/mol. The summed E-state index contributed by atoms with van der Waals surface area (Å²) in [6, 6.07) is 2.68. The van der Waals surface area contributed by atoms with E-state index in [1.165, 1.54) is 12.1 Å². The molecule has 0 saturated heterocycles. The lowest BCUT2D eigenvalue weighted by atomic mass is 10.0. The molecule has 1 rings (SSSR count). The van der Waals surface area contributed by atoms with Crippen LogP contribution < -0.4 is 4.74 Å². The molecule has 0 N–H and O–H groups in total. The van der Waals surface area contributed by atoms with Crippen LogP contribution in [0.4, 0.5) is 13.2 Å². The lowest BCUT2D eigenvalue weighted by Gasteiger charge is -2.16. The van der Waals surface area contributed by atoms with Gasteiger partial charge in [0.05, 0.1) is 17.7 Å². The molecule has 0 radical (unpaired) electrons. The first-order valence-corrected chi connectivity index (χ1v) is 5.90. The average Bonchev–Trinajstić information content (AvgIpc) is 2.18. The van der Waals surface area contributed by atoms with Crippen molar-refractivity contribution in [2.24, 2.45) is 0 Å². The molecule has 0 unspecified atom stereocenters. The summed E-state index contributed by atoms with van der Waals surface area (Å²) < 4.78 is 43.7. The van der Waals surface area contributed by atoms with E-state index in [0.29, 0.717) is 0 Å². The van der Waals surface area contributed by atoms with Gasteiger partial charge in [0, 0.05) is 3.57 Å². The largest absolute Gasteiger partial charge is 0.493 e. The molecule has 0 bridgehead atoms. The number of benzene rings is 1. The van der Waals surface area contributed by atoms with Crippen LogP contribution in [-0.4, -0.2) is 12.4 Å². The second kappa shape index (κ2) is 5.24. The Labute approximate surface area is 110 Å². The molecule has 0 heterocycles. The molecule has 0 fully saturated rings. The minimum atomic E-state index is -4.56. The molecule has 2 nitrogen and oxygen atoms in total. The number of halogens is 4. The van der Waals surface area contributed by atoms with Crippen molar-refractivity contribution in [2.45, 2.75) is 20.0 Å². The molecule has 0 saturated carbocycles. The van der Waals surface area contributed by atoms with Crippen molar-refractivity contribution in [3.05, 3.63) is 26.8 Å². The maximum absolute atomic E-state index is 12.9. The molecule has 0 spiro atoms. The van der Waals surface area contributed by atoms with E-state index in [4.69, 9.17) is 4.74 Å². The number of carbonyl (C=O) groups excluding carboxylic acids is 1. The lowest BCUT2D eigenvalue weighted by Crippen LogP contribution is -2.15. The fourth-order valence-electron chi connectivity index (χ4n) is 1.46. The summed E-state index contributed by atoms with van der Waals surface area (Å²) in [6.45, 7) is 2.95. The minimum Gasteiger partial charge on any atom is -0.493 e. The van der Waals surface area contributed by atoms with Gasteiger partial charge in [-0.15, -0.1) is 0 Å². The summed E-state index contributed by atoms with van der Waals surface area (Å²) in [5, 5.41) is 0. The first-order chi connectivity index (χ1) is 7.79. The fraction of sp³-hybridized carbons (Fsp3) is 0.364. The number of carbonyl (C=O) groups is 1. The van der Waals surface area contributed by atoms with E-state index in [-0.39, 0.29) is 15.9 Å². The summed E-state index contributed by atoms with van der Waals surface area (Å²) in [7, 11) is 0. The number of hydrogen-bond acceptors (Lipinski definition) is 2. The van der Waals surface area contributed by atoms with Crippen LogP contribution in [0.5, 0.6) is 5.75 Å². The van der Waals surface area contributed by atoms with Crippen LogP contribution in [0.15, 0.2) is 12.1 Å². The zero-order chi connectivity index (χ0) is 13.2. The summed E-state index contributed by atoms with van der Waals surface area (Å²) in [5.74, 6) is -0.674. The van der Waals surface area contributed by atoms with Crippen molar-refractivity contribution in [3.8, 4) is 5.75 Å². The van der Waals surface area contributed by atoms with Gasteiger partial charge in [-0.2, -0.15) is 13.2 Å². The number of alkyl halides is 3. The van der Waals surface area contributed by atoms with Gasteiger partial charge in [0.15, 0.2) is 5.78 Å². The standard InChI is InChI=1S/C11H10F3IO2/c1-3-17-8-5-4-7(15)10(11(12,13)14)9(8)6(2)16/h4-5H,3H2,1-2H3. The van der Waals surface area contributed by atoms with Gasteiger partial charge in [-0.1, -0.05) is 0 Å². The number of Topliss-reactive ketones (excluding diaryl/α,β-unsaturated/α-hetero) is 1. The molecule has 17 heavy (non-hydrogen) atoms. The highest BCUT2D eigenvalue weighted by molar-refractivity contribution is 14.1. The molecule has 0 aromatic heterocycles. The normalized spacial score (nSPS) is 11.4. The Kier molecular flexibility index (Phi) is 4.40. The molecule has 94 valence electrons. The summed E-state index contributed by atoms with van der Waals surface area (Å²) in [5.41, 5.74) is -1.32. The van der Waals surface area contributed by atoms with Crippen LogP contribution in [0.25, 0.3) is 0 Å². The van der Waals surface area contributed by atoms with Crippen molar-refractivity contribution >= 4 is 28.4 Å². The Morgan fingerprint density at radius 1 is 1.41 bits per heavy atom. The second-order valence-electron chi connectivity index (χ2n) is 3.28. The molecular weight excluding hydrogens is 348 g/mol. The van der Waals surface area contributed by atoms with Crippen LogP contribution in [0.1, 0.15) is 29.8 Å². The summed E-state index contributed by atoms with van der Waals surface area (Å²) in [6.07, 6.45) is -4.56. The van der Waals surface area contributed by atoms with Crippen molar-refractivity contribution < 1.29 is 22.7 Å². The molecule has 0 aliphatic rings. The third-order valence-corrected chi connectivity index (χ3v) is 2.95. The van der Waals surface area contributed by atoms with Crippen molar-refractivity contribution in [2.75, 3.05) is 6.61 Å². The van der Waals surface area contributed by atoms with Gasteiger partial charge >= 0.3 is 6.18 Å². The topological polar surface area (TPSA) is 26.3 Å². The molecule has 1 aromatic rings. The average molecular weight is 358 g/mol. The molecule has 0 atom stereocenters. The molecule has 0 amide bonds. The summed E-state index contributed by atoms with van der Waals surface area (Å²) >= 11 is 1.56. The SMILES string of the molecule is CCOc1ccc(I)c(C(F)(F)F)c1C(C)=O. The van der Waals surface area contributed by atoms with Gasteiger partial charge in [-0.3, -0.25) is 4.79 Å². The van der Waals surface area contributed by atoms with Crippen LogP contribution in [0.3, 0.4) is 0 Å². The van der Waals surface area contributed by atoms with E-state index in [1.807, 2.05) is 0 Å². The monoisotopic (exact) mass is 358 g/mol. The number of ether oxygens (including phenoxy) is 1. The van der Waals surface area contributed by atoms with E-state index in [2.05, 4.69) is 0 Å². The molecule has 0 aliphatic heterocycles. The van der Waals surface area contributed by atoms with E-state index < -0.39 is 23.1 Å². The second-order valence-corrected chi connectivity index (χ2v) is 4.44. The van der Waals surface area contributed by atoms with E-state index >= 15 is 0 Å². The smallest absolute Gasteiger partial charge is 0.418 e. The lowest BCUT2D eigenvalue weighted by molar-refractivity contribution is -0.138. The van der Waals surface area contributed by atoms with E-state index in [9.17, 15) is 18.0 Å². The molecular formula is C11H10F3IO2. The minimum absolute atomic E-state index is 0.0104. The van der Waals surface area contributed by atoms with Crippen molar-refractivity contribution in [1.82, 2.24) is 0 Å². The molecule has 6 heteroatoms. The zero-order valence-corrected chi connectivity index (χ0v) is 11.3. The van der Waals surface area contributed by atoms with Crippen LogP contribution in [-0.2, 0) is 6.18 Å². The Bertz CT molecular complexity index is 441. The quantitative estimate of drug-likeness (QED) is 0.605. The van der Waals surface area contributed by atoms with Crippen molar-refractivity contribution in [3.63, 3.8) is 0 Å². The highest BCUT2D eigenvalue weighted by Gasteiger charge is 2.38. The number of ketones is 1. The van der Waals surface area contributed by atoms with Gasteiger partial charge < -0.3 is 4.74 Å². The first-order valence-electron chi connectivity index (χ1n) is 4.82. The predicted octanol–water partition coefficient (Wildman–Crippen LogP) is 3.91. The van der Waals surface area contributed by atoms with Crippen molar-refractivity contribution in [1.29, 1.82) is 0 Å². The highest BCUT2D eigenvalue weighted by Crippen LogP contribution is 2.39. The fourth-order valence-corrected chi connectivity index (χ4v) is 2.22. The highest BCUT2D eigenvalue weighted by atomic mass is 127. The number of hydrogen-bond donors (Lipinski definition) is 0. The van der Waals surface area contributed by atoms with Gasteiger partial charge in [0.1, 0.15) is 5.75 Å². The maximum atomic E-state index is 12.9. The van der Waals surface area contributed by atoms with Gasteiger partial charge in [-0.05, 0) is 48.6 Å². The maximum Gasteiger partial charge on any atom is 0.418 e. The first kappa shape index (κ1) is 14.3. The summed E-state index contributed by atoms with van der Waals surface area (Å²) in [4.78, 5) is 11.4. The van der Waals surface area contributed by atoms with Crippen LogP contribution in [0.2, 0.25) is 0 Å². The number of rotatable bonds is 3. The van der Waals surface area contributed by atoms with Gasteiger partial charge in [0.25, 0.3) is 0 Å². The Morgan fingerprint density at radius 2 is 2.00 bits per heavy atom. The molecule has 0 aliphatic carbocycles. The van der Waals surface area contributed by atoms with Crippen LogP contribution >= 0.6 is 22.6 Å². The zero-order valence-electron chi connectivity index (χ0n) is 9.19. The Morgan fingerprint density at radius 3 is 2.41 bits per heavy atom. The van der Waals surface area contributed by atoms with Crippen LogP contribution in [0, 0.1) is 3.57 Å². The van der Waals surface area contributed by atoms with E-state index in [1.54, 1.807) is 29.5 Å². The van der Waals surface area contributed by atoms with Gasteiger partial charge in [-0.25, -0.2) is 0 Å². The Balaban J connectivity index is 3.55. The third kappa shape index (κ3) is 3.11. The van der Waals surface area contributed by atoms with E-state index in [0.717, 1.165) is 6.92 Å². The Hall–Kier alpha value is -0.790. The van der Waals surface area contributed by atoms with Gasteiger partial charge in [0.2, 0.25) is 0 Å². The molecule has 1 aromatic carbocycles. The third-order valence-electron chi connectivity index (χ3n) is 2.05.